The Balaban J connectivity index is 1.55. The Kier molecular flexibility index (Phi) is 7.53. The fraction of sp³-hybridized carbons (Fsp3) is 0.125. The number of aromatic nitrogens is 1. The number of carbonyl (C=O) groups is 1. The molecule has 0 fully saturated rings. The van der Waals surface area contributed by atoms with E-state index in [1.165, 1.54) is 12.1 Å². The number of benzene rings is 4. The summed E-state index contributed by atoms with van der Waals surface area (Å²) < 4.78 is 15.6. The fourth-order valence-corrected chi connectivity index (χ4v) is 5.12. The quantitative estimate of drug-likeness (QED) is 0.235. The topological polar surface area (TPSA) is 57.8 Å². The van der Waals surface area contributed by atoms with Gasteiger partial charge >= 0.3 is 0 Å². The molecule has 0 saturated carbocycles. The number of carbonyl (C=O) groups excluding carboxylic acids is 1. The highest BCUT2D eigenvalue weighted by Crippen LogP contribution is 2.39. The molecule has 1 amide bonds. The van der Waals surface area contributed by atoms with E-state index in [2.05, 4.69) is 16.0 Å². The van der Waals surface area contributed by atoms with Crippen molar-refractivity contribution < 1.29 is 9.18 Å². The molecule has 1 atom stereocenters. The lowest BCUT2D eigenvalue weighted by molar-refractivity contribution is -0.121. The van der Waals surface area contributed by atoms with Gasteiger partial charge < -0.3 is 9.88 Å². The molecule has 0 bridgehead atoms. The summed E-state index contributed by atoms with van der Waals surface area (Å²) in [5.41, 5.74) is 5.00. The average Bonchev–Trinajstić information content (AvgIpc) is 3.31. The van der Waals surface area contributed by atoms with E-state index in [-0.39, 0.29) is 24.1 Å². The van der Waals surface area contributed by atoms with Crippen molar-refractivity contribution >= 4 is 28.4 Å². The Bertz CT molecular complexity index is 1620. The first kappa shape index (κ1) is 25.3. The van der Waals surface area contributed by atoms with Crippen LogP contribution in [-0.4, -0.2) is 10.5 Å². The Morgan fingerprint density at radius 1 is 0.895 bits per heavy atom. The zero-order valence-corrected chi connectivity index (χ0v) is 21.3. The summed E-state index contributed by atoms with van der Waals surface area (Å²) in [6.45, 7) is 0.963. The van der Waals surface area contributed by atoms with E-state index < -0.39 is 0 Å². The van der Waals surface area contributed by atoms with Crippen molar-refractivity contribution in [3.63, 3.8) is 0 Å². The van der Waals surface area contributed by atoms with Crippen LogP contribution in [-0.2, 0) is 17.9 Å². The summed E-state index contributed by atoms with van der Waals surface area (Å²) in [6.07, 6.45) is 2.20. The average molecular weight is 522 g/mol. The van der Waals surface area contributed by atoms with Gasteiger partial charge in [0.15, 0.2) is 0 Å². The summed E-state index contributed by atoms with van der Waals surface area (Å²) in [6, 6.07) is 31.7. The standard InChI is InChI=1S/C32H25ClFN3O/c33-32-24(18-35)9-6-11-27(32)28(17-31(38)36-19-22-7-2-1-3-8-22)29-21-37(30-12-5-4-10-26(29)30)20-23-13-15-25(34)16-14-23/h1-16,21,28H,17,19-20H2,(H,36,38)/t28-/m0/s1. The van der Waals surface area contributed by atoms with Crippen molar-refractivity contribution in [2.75, 3.05) is 0 Å². The number of hydrogen-bond donors (Lipinski definition) is 1. The van der Waals surface area contributed by atoms with E-state index in [0.717, 1.165) is 33.2 Å². The molecule has 0 aliphatic carbocycles. The number of nitrogens with zero attached hydrogens (tertiary/aromatic N) is 2. The Labute approximate surface area is 225 Å². The molecule has 6 heteroatoms. The van der Waals surface area contributed by atoms with Gasteiger partial charge in [-0.15, -0.1) is 0 Å². The third-order valence-corrected chi connectivity index (χ3v) is 7.13. The van der Waals surface area contributed by atoms with E-state index in [4.69, 9.17) is 11.6 Å². The highest BCUT2D eigenvalue weighted by molar-refractivity contribution is 6.32. The molecule has 0 radical (unpaired) electrons. The van der Waals surface area contributed by atoms with Gasteiger partial charge in [0.1, 0.15) is 11.9 Å². The van der Waals surface area contributed by atoms with E-state index >= 15 is 0 Å². The summed E-state index contributed by atoms with van der Waals surface area (Å²) in [5.74, 6) is -0.779. The first-order valence-corrected chi connectivity index (χ1v) is 12.7. The van der Waals surface area contributed by atoms with Crippen molar-refractivity contribution in [1.29, 1.82) is 5.26 Å². The van der Waals surface area contributed by atoms with E-state index in [1.54, 1.807) is 24.3 Å². The maximum Gasteiger partial charge on any atom is 0.221 e. The number of nitriles is 1. The molecule has 1 aromatic heterocycles. The number of fused-ring (bicyclic) bond motifs is 1. The fourth-order valence-electron chi connectivity index (χ4n) is 4.82. The van der Waals surface area contributed by atoms with Crippen molar-refractivity contribution in [2.45, 2.75) is 25.4 Å². The SMILES string of the molecule is N#Cc1cccc([C@H](CC(=O)NCc2ccccc2)c2cn(Cc3ccc(F)cc3)c3ccccc23)c1Cl. The monoisotopic (exact) mass is 521 g/mol. The minimum Gasteiger partial charge on any atom is -0.352 e. The minimum atomic E-state index is -0.383. The summed E-state index contributed by atoms with van der Waals surface area (Å²) in [4.78, 5) is 13.2. The second-order valence-electron chi connectivity index (χ2n) is 9.20. The number of para-hydroxylation sites is 1. The Morgan fingerprint density at radius 3 is 2.39 bits per heavy atom. The van der Waals surface area contributed by atoms with Crippen molar-refractivity contribution in [3.05, 3.63) is 142 Å². The van der Waals surface area contributed by atoms with E-state index in [9.17, 15) is 14.4 Å². The molecule has 1 N–H and O–H groups in total. The molecule has 0 unspecified atom stereocenters. The number of halogens is 2. The van der Waals surface area contributed by atoms with Crippen LogP contribution in [0.2, 0.25) is 5.02 Å². The smallest absolute Gasteiger partial charge is 0.221 e. The number of amides is 1. The van der Waals surface area contributed by atoms with Crippen LogP contribution in [0.4, 0.5) is 4.39 Å². The third-order valence-electron chi connectivity index (χ3n) is 6.71. The predicted molar refractivity (Wildman–Crippen MR) is 148 cm³/mol. The lowest BCUT2D eigenvalue weighted by Gasteiger charge is -2.19. The summed E-state index contributed by atoms with van der Waals surface area (Å²) in [7, 11) is 0. The Morgan fingerprint density at radius 2 is 1.63 bits per heavy atom. The van der Waals surface area contributed by atoms with Gasteiger partial charge in [0, 0.05) is 42.5 Å². The van der Waals surface area contributed by atoms with Gasteiger partial charge in [0.05, 0.1) is 10.6 Å². The molecule has 4 nitrogen and oxygen atoms in total. The zero-order chi connectivity index (χ0) is 26.5. The van der Waals surface area contributed by atoms with Crippen LogP contribution < -0.4 is 5.32 Å². The Hall–Kier alpha value is -4.40. The van der Waals surface area contributed by atoms with Gasteiger partial charge in [-0.25, -0.2) is 4.39 Å². The molecule has 0 spiro atoms. The van der Waals surface area contributed by atoms with E-state index in [1.807, 2.05) is 66.9 Å². The van der Waals surface area contributed by atoms with Gasteiger partial charge in [-0.05, 0) is 46.5 Å². The van der Waals surface area contributed by atoms with Gasteiger partial charge in [0.2, 0.25) is 5.91 Å². The second kappa shape index (κ2) is 11.3. The lowest BCUT2D eigenvalue weighted by atomic mass is 9.87. The maximum atomic E-state index is 13.5. The van der Waals surface area contributed by atoms with Gasteiger partial charge in [-0.1, -0.05) is 84.4 Å². The number of hydrogen-bond acceptors (Lipinski definition) is 2. The first-order chi connectivity index (χ1) is 18.5. The number of rotatable bonds is 8. The van der Waals surface area contributed by atoms with Crippen LogP contribution in [0.5, 0.6) is 0 Å². The largest absolute Gasteiger partial charge is 0.352 e. The molecular weight excluding hydrogens is 497 g/mol. The molecular formula is C32H25ClFN3O. The molecule has 4 aromatic carbocycles. The third kappa shape index (κ3) is 5.46. The van der Waals surface area contributed by atoms with E-state index in [0.29, 0.717) is 23.7 Å². The highest BCUT2D eigenvalue weighted by Gasteiger charge is 2.25. The van der Waals surface area contributed by atoms with Crippen molar-refractivity contribution in [3.8, 4) is 6.07 Å². The molecule has 38 heavy (non-hydrogen) atoms. The normalized spacial score (nSPS) is 11.7. The number of nitrogens with one attached hydrogen (secondary N) is 1. The molecule has 1 heterocycles. The van der Waals surface area contributed by atoms with Gasteiger partial charge in [0.25, 0.3) is 0 Å². The van der Waals surface area contributed by atoms with Crippen LogP contribution in [0.3, 0.4) is 0 Å². The molecule has 0 saturated heterocycles. The van der Waals surface area contributed by atoms with Crippen LogP contribution in [0, 0.1) is 17.1 Å². The summed E-state index contributed by atoms with van der Waals surface area (Å²) in [5, 5.41) is 14.0. The van der Waals surface area contributed by atoms with Crippen molar-refractivity contribution in [1.82, 2.24) is 9.88 Å². The predicted octanol–water partition coefficient (Wildman–Crippen LogP) is 7.19. The second-order valence-corrected chi connectivity index (χ2v) is 9.57. The molecule has 5 rings (SSSR count). The summed E-state index contributed by atoms with van der Waals surface area (Å²) >= 11 is 6.72. The molecule has 0 aliphatic rings. The minimum absolute atomic E-state index is 0.118. The maximum absolute atomic E-state index is 13.5. The molecule has 188 valence electrons. The van der Waals surface area contributed by atoms with Crippen LogP contribution in [0.1, 0.15) is 40.2 Å². The van der Waals surface area contributed by atoms with Crippen LogP contribution >= 0.6 is 11.6 Å². The van der Waals surface area contributed by atoms with Crippen molar-refractivity contribution in [2.24, 2.45) is 0 Å². The highest BCUT2D eigenvalue weighted by atomic mass is 35.5. The lowest BCUT2D eigenvalue weighted by Crippen LogP contribution is -2.25. The zero-order valence-electron chi connectivity index (χ0n) is 20.6. The van der Waals surface area contributed by atoms with Crippen LogP contribution in [0.25, 0.3) is 10.9 Å². The van der Waals surface area contributed by atoms with Gasteiger partial charge in [-0.2, -0.15) is 5.26 Å². The van der Waals surface area contributed by atoms with Crippen LogP contribution in [0.15, 0.2) is 103 Å². The molecule has 5 aromatic rings. The molecule has 0 aliphatic heterocycles. The first-order valence-electron chi connectivity index (χ1n) is 12.3. The van der Waals surface area contributed by atoms with Gasteiger partial charge in [-0.3, -0.25) is 4.79 Å².